The summed E-state index contributed by atoms with van der Waals surface area (Å²) in [7, 11) is 0. The monoisotopic (exact) mass is 247 g/mol. The molecule has 0 N–H and O–H groups in total. The molecule has 0 aromatic carbocycles. The summed E-state index contributed by atoms with van der Waals surface area (Å²) in [4.78, 5) is 4.26. The number of hydrogen-bond donors (Lipinski definition) is 0. The molecule has 1 unspecified atom stereocenters. The average molecular weight is 248 g/mol. The largest absolute Gasteiger partial charge is 0.249 e. The van der Waals surface area contributed by atoms with E-state index in [0.29, 0.717) is 5.25 Å². The predicted octanol–water partition coefficient (Wildman–Crippen LogP) is 2.94. The number of aromatic nitrogens is 3. The van der Waals surface area contributed by atoms with Crippen molar-refractivity contribution in [3.05, 3.63) is 12.2 Å². The van der Waals surface area contributed by atoms with Gasteiger partial charge in [-0.2, -0.15) is 16.9 Å². The summed E-state index contributed by atoms with van der Waals surface area (Å²) in [5.74, 6) is 2.73. The second-order valence-electron chi connectivity index (χ2n) is 3.50. The smallest absolute Gasteiger partial charge is 0.138 e. The minimum absolute atomic E-state index is 0.592. The Labute approximate surface area is 101 Å². The van der Waals surface area contributed by atoms with Gasteiger partial charge in [0.1, 0.15) is 12.2 Å². The van der Waals surface area contributed by atoms with Crippen LogP contribution in [0.3, 0.4) is 0 Å². The maximum Gasteiger partial charge on any atom is 0.138 e. The topological polar surface area (TPSA) is 30.7 Å². The Balaban J connectivity index is 2.39. The van der Waals surface area contributed by atoms with Crippen molar-refractivity contribution in [3.63, 3.8) is 0 Å². The second kappa shape index (κ2) is 7.12. The van der Waals surface area contributed by atoms with Gasteiger partial charge in [0.15, 0.2) is 0 Å². The average Bonchev–Trinajstić information content (AvgIpc) is 2.64. The maximum absolute atomic E-state index is 5.69. The van der Waals surface area contributed by atoms with Crippen LogP contribution in [0.2, 0.25) is 0 Å². The SMILES string of the molecule is CCCn1ncnc1CSC(C)CCCl. The van der Waals surface area contributed by atoms with Crippen molar-refractivity contribution in [2.24, 2.45) is 0 Å². The molecule has 0 aliphatic heterocycles. The van der Waals surface area contributed by atoms with E-state index >= 15 is 0 Å². The van der Waals surface area contributed by atoms with Gasteiger partial charge in [-0.05, 0) is 12.8 Å². The molecule has 15 heavy (non-hydrogen) atoms. The Bertz CT molecular complexity index is 277. The number of halogens is 1. The summed E-state index contributed by atoms with van der Waals surface area (Å²) < 4.78 is 1.99. The normalized spacial score (nSPS) is 13.0. The fourth-order valence-corrected chi connectivity index (χ4v) is 2.65. The molecule has 5 heteroatoms. The van der Waals surface area contributed by atoms with Crippen molar-refractivity contribution in [1.82, 2.24) is 14.8 Å². The van der Waals surface area contributed by atoms with E-state index in [-0.39, 0.29) is 0 Å². The summed E-state index contributed by atoms with van der Waals surface area (Å²) in [6.07, 6.45) is 3.78. The molecule has 1 aromatic heterocycles. The van der Waals surface area contributed by atoms with Crippen LogP contribution in [0.4, 0.5) is 0 Å². The number of alkyl halides is 1. The zero-order valence-corrected chi connectivity index (χ0v) is 10.9. The first kappa shape index (κ1) is 12.8. The van der Waals surface area contributed by atoms with Crippen molar-refractivity contribution < 1.29 is 0 Å². The van der Waals surface area contributed by atoms with Gasteiger partial charge in [0.2, 0.25) is 0 Å². The van der Waals surface area contributed by atoms with Crippen LogP contribution in [0.1, 0.15) is 32.5 Å². The van der Waals surface area contributed by atoms with E-state index < -0.39 is 0 Å². The van der Waals surface area contributed by atoms with Gasteiger partial charge in [-0.25, -0.2) is 9.67 Å². The molecule has 0 fully saturated rings. The van der Waals surface area contributed by atoms with E-state index in [9.17, 15) is 0 Å². The summed E-state index contributed by atoms with van der Waals surface area (Å²) in [5, 5.41) is 4.79. The Morgan fingerprint density at radius 1 is 1.60 bits per heavy atom. The number of hydrogen-bond acceptors (Lipinski definition) is 3. The first-order valence-corrected chi connectivity index (χ1v) is 6.90. The fourth-order valence-electron chi connectivity index (χ4n) is 1.25. The number of rotatable bonds is 7. The molecular weight excluding hydrogens is 230 g/mol. The number of nitrogens with zero attached hydrogens (tertiary/aromatic N) is 3. The zero-order valence-electron chi connectivity index (χ0n) is 9.32. The molecule has 0 saturated carbocycles. The van der Waals surface area contributed by atoms with Crippen molar-refractivity contribution in [3.8, 4) is 0 Å². The first-order chi connectivity index (χ1) is 7.27. The lowest BCUT2D eigenvalue weighted by molar-refractivity contribution is 0.581. The zero-order chi connectivity index (χ0) is 11.1. The van der Waals surface area contributed by atoms with E-state index in [0.717, 1.165) is 36.8 Å². The number of thioether (sulfide) groups is 1. The highest BCUT2D eigenvalue weighted by Crippen LogP contribution is 2.19. The molecule has 1 rings (SSSR count). The van der Waals surface area contributed by atoms with E-state index in [4.69, 9.17) is 11.6 Å². The van der Waals surface area contributed by atoms with Crippen molar-refractivity contribution in [2.45, 2.75) is 44.2 Å². The quantitative estimate of drug-likeness (QED) is 0.694. The molecule has 0 amide bonds. The minimum atomic E-state index is 0.592. The Hall–Kier alpha value is -0.220. The second-order valence-corrected chi connectivity index (χ2v) is 5.30. The van der Waals surface area contributed by atoms with Crippen molar-refractivity contribution in [2.75, 3.05) is 5.88 Å². The first-order valence-electron chi connectivity index (χ1n) is 5.32. The molecule has 86 valence electrons. The van der Waals surface area contributed by atoms with E-state index in [1.54, 1.807) is 6.33 Å². The van der Waals surface area contributed by atoms with E-state index in [1.165, 1.54) is 0 Å². The van der Waals surface area contributed by atoms with E-state index in [2.05, 4.69) is 23.9 Å². The fraction of sp³-hybridized carbons (Fsp3) is 0.800. The molecule has 0 saturated heterocycles. The van der Waals surface area contributed by atoms with Gasteiger partial charge < -0.3 is 0 Å². The van der Waals surface area contributed by atoms with Gasteiger partial charge in [0.25, 0.3) is 0 Å². The van der Waals surface area contributed by atoms with Crippen LogP contribution in [0.25, 0.3) is 0 Å². The minimum Gasteiger partial charge on any atom is -0.249 e. The van der Waals surface area contributed by atoms with Crippen LogP contribution in [0.15, 0.2) is 6.33 Å². The van der Waals surface area contributed by atoms with Crippen LogP contribution < -0.4 is 0 Å². The lowest BCUT2D eigenvalue weighted by Gasteiger charge is -2.09. The molecule has 1 atom stereocenters. The highest BCUT2D eigenvalue weighted by Gasteiger charge is 2.07. The third kappa shape index (κ3) is 4.43. The van der Waals surface area contributed by atoms with Gasteiger partial charge in [0, 0.05) is 17.7 Å². The van der Waals surface area contributed by atoms with Crippen LogP contribution in [-0.2, 0) is 12.3 Å². The molecule has 0 spiro atoms. The van der Waals surface area contributed by atoms with Crippen LogP contribution in [-0.4, -0.2) is 25.9 Å². The Morgan fingerprint density at radius 2 is 2.40 bits per heavy atom. The highest BCUT2D eigenvalue weighted by molar-refractivity contribution is 7.99. The van der Waals surface area contributed by atoms with Gasteiger partial charge in [0.05, 0.1) is 5.75 Å². The molecule has 1 aromatic rings. The lowest BCUT2D eigenvalue weighted by atomic mass is 10.4. The number of aryl methyl sites for hydroxylation is 1. The highest BCUT2D eigenvalue weighted by atomic mass is 35.5. The third-order valence-electron chi connectivity index (χ3n) is 2.14. The lowest BCUT2D eigenvalue weighted by Crippen LogP contribution is -2.06. The molecule has 0 aliphatic carbocycles. The van der Waals surface area contributed by atoms with Gasteiger partial charge >= 0.3 is 0 Å². The van der Waals surface area contributed by atoms with Crippen LogP contribution in [0, 0.1) is 0 Å². The van der Waals surface area contributed by atoms with Crippen LogP contribution in [0.5, 0.6) is 0 Å². The third-order valence-corrected chi connectivity index (χ3v) is 3.59. The molecule has 0 bridgehead atoms. The standard InChI is InChI=1S/C10H18ClN3S/c1-3-6-14-10(12-8-13-14)7-15-9(2)4-5-11/h8-9H,3-7H2,1-2H3. The molecule has 3 nitrogen and oxygen atoms in total. The molecule has 0 radical (unpaired) electrons. The summed E-state index contributed by atoms with van der Waals surface area (Å²) in [6.45, 7) is 5.31. The van der Waals surface area contributed by atoms with E-state index in [1.807, 2.05) is 16.4 Å². The van der Waals surface area contributed by atoms with Crippen LogP contribution >= 0.6 is 23.4 Å². The van der Waals surface area contributed by atoms with Gasteiger partial charge in [-0.3, -0.25) is 0 Å². The molecule has 1 heterocycles. The van der Waals surface area contributed by atoms with Gasteiger partial charge in [-0.1, -0.05) is 13.8 Å². The summed E-state index contributed by atoms with van der Waals surface area (Å²) in [5.41, 5.74) is 0. The van der Waals surface area contributed by atoms with Gasteiger partial charge in [-0.15, -0.1) is 11.6 Å². The van der Waals surface area contributed by atoms with Crippen molar-refractivity contribution >= 4 is 23.4 Å². The van der Waals surface area contributed by atoms with Crippen molar-refractivity contribution in [1.29, 1.82) is 0 Å². The predicted molar refractivity (Wildman–Crippen MR) is 66.4 cm³/mol. The Kier molecular flexibility index (Phi) is 6.10. The molecular formula is C10H18ClN3S. The Morgan fingerprint density at radius 3 is 3.07 bits per heavy atom. The maximum atomic E-state index is 5.69. The summed E-state index contributed by atoms with van der Waals surface area (Å²) in [6, 6.07) is 0. The summed E-state index contributed by atoms with van der Waals surface area (Å²) >= 11 is 7.58. The molecule has 0 aliphatic rings.